The maximum atomic E-state index is 13.2. The van der Waals surface area contributed by atoms with Crippen LogP contribution in [0.2, 0.25) is 0 Å². The summed E-state index contributed by atoms with van der Waals surface area (Å²) in [5.41, 5.74) is 13.6. The van der Waals surface area contributed by atoms with Crippen molar-refractivity contribution in [3.8, 4) is 6.07 Å². The van der Waals surface area contributed by atoms with E-state index in [4.69, 9.17) is 16.7 Å². The van der Waals surface area contributed by atoms with Crippen LogP contribution >= 0.6 is 0 Å². The van der Waals surface area contributed by atoms with Crippen LogP contribution < -0.4 is 32.3 Å². The van der Waals surface area contributed by atoms with Crippen LogP contribution in [-0.2, 0) is 4.79 Å². The summed E-state index contributed by atoms with van der Waals surface area (Å²) in [6, 6.07) is 4.19. The fourth-order valence-corrected chi connectivity index (χ4v) is 3.98. The van der Waals surface area contributed by atoms with Crippen LogP contribution in [0.3, 0.4) is 0 Å². The van der Waals surface area contributed by atoms with Crippen LogP contribution in [0.5, 0.6) is 0 Å². The summed E-state index contributed by atoms with van der Waals surface area (Å²) in [5, 5.41) is 18.7. The Kier molecular flexibility index (Phi) is 7.58. The molecule has 3 heterocycles. The minimum Gasteiger partial charge on any atom is -0.367 e. The van der Waals surface area contributed by atoms with Gasteiger partial charge in [0.15, 0.2) is 0 Å². The van der Waals surface area contributed by atoms with Crippen LogP contribution in [0.25, 0.3) is 0 Å². The number of hydrogen-bond donors (Lipinski definition) is 5. The molecule has 2 aliphatic heterocycles. The quantitative estimate of drug-likeness (QED) is 0.366. The molecule has 0 aliphatic carbocycles. The molecular formula is C20H33N9O. The lowest BCUT2D eigenvalue weighted by atomic mass is 9.91. The Hall–Kier alpha value is -2.29. The topological polar surface area (TPSA) is 148 Å². The summed E-state index contributed by atoms with van der Waals surface area (Å²) in [4.78, 5) is 21.9. The number of amides is 1. The van der Waals surface area contributed by atoms with Crippen molar-refractivity contribution in [1.82, 2.24) is 20.5 Å². The average Bonchev–Trinajstić information content (AvgIpc) is 2.74. The largest absolute Gasteiger partial charge is 0.367 e. The average molecular weight is 416 g/mol. The molecule has 0 bridgehead atoms. The van der Waals surface area contributed by atoms with Crippen molar-refractivity contribution >= 4 is 17.3 Å². The lowest BCUT2D eigenvalue weighted by Crippen LogP contribution is -2.64. The molecule has 164 valence electrons. The third-order valence-electron chi connectivity index (χ3n) is 6.09. The first kappa shape index (κ1) is 22.4. The van der Waals surface area contributed by atoms with E-state index in [9.17, 15) is 4.79 Å². The van der Waals surface area contributed by atoms with E-state index in [1.807, 2.05) is 13.0 Å². The lowest BCUT2D eigenvalue weighted by molar-refractivity contribution is -0.122. The van der Waals surface area contributed by atoms with Gasteiger partial charge in [0.2, 0.25) is 5.91 Å². The van der Waals surface area contributed by atoms with Gasteiger partial charge >= 0.3 is 0 Å². The maximum absolute atomic E-state index is 13.2. The number of nitriles is 1. The highest BCUT2D eigenvalue weighted by Gasteiger charge is 2.36. The van der Waals surface area contributed by atoms with Crippen LogP contribution in [0, 0.1) is 29.1 Å². The van der Waals surface area contributed by atoms with E-state index in [2.05, 4.69) is 43.9 Å². The third kappa shape index (κ3) is 5.24. The van der Waals surface area contributed by atoms with Gasteiger partial charge in [-0.3, -0.25) is 9.78 Å². The predicted octanol–water partition coefficient (Wildman–Crippen LogP) is -1.07. The summed E-state index contributed by atoms with van der Waals surface area (Å²) in [6.07, 6.45) is 2.19. The number of likely N-dealkylation sites (N-methyl/N-ethyl adjacent to an activating group) is 1. The number of aromatic nitrogens is 1. The summed E-state index contributed by atoms with van der Waals surface area (Å²) >= 11 is 0. The number of carbonyl (C=O) groups excluding carboxylic acids is 1. The molecule has 1 amide bonds. The van der Waals surface area contributed by atoms with Crippen molar-refractivity contribution in [2.24, 2.45) is 29.2 Å². The first-order valence-corrected chi connectivity index (χ1v) is 10.5. The van der Waals surface area contributed by atoms with E-state index < -0.39 is 12.1 Å². The Bertz CT molecular complexity index is 749. The molecular weight excluding hydrogens is 382 g/mol. The Morgan fingerprint density at radius 3 is 2.57 bits per heavy atom. The molecule has 2 atom stereocenters. The van der Waals surface area contributed by atoms with Crippen molar-refractivity contribution < 1.29 is 4.79 Å². The van der Waals surface area contributed by atoms with E-state index in [-0.39, 0.29) is 23.9 Å². The zero-order valence-corrected chi connectivity index (χ0v) is 17.7. The molecule has 2 fully saturated rings. The van der Waals surface area contributed by atoms with Crippen LogP contribution in [0.1, 0.15) is 6.92 Å². The van der Waals surface area contributed by atoms with Crippen LogP contribution in [-0.4, -0.2) is 74.4 Å². The fourth-order valence-electron chi connectivity index (χ4n) is 3.98. The Morgan fingerprint density at radius 2 is 1.97 bits per heavy atom. The summed E-state index contributed by atoms with van der Waals surface area (Å²) in [5.74, 6) is -0.841. The van der Waals surface area contributed by atoms with Gasteiger partial charge in [-0.05, 0) is 26.0 Å². The zero-order valence-electron chi connectivity index (χ0n) is 17.7. The van der Waals surface area contributed by atoms with Gasteiger partial charge in [-0.2, -0.15) is 5.26 Å². The molecule has 10 heteroatoms. The molecule has 1 aromatic heterocycles. The van der Waals surface area contributed by atoms with Gasteiger partial charge in [-0.1, -0.05) is 0 Å². The molecule has 2 unspecified atom stereocenters. The number of nitrogens with zero attached hydrogens (tertiary/aromatic N) is 4. The highest BCUT2D eigenvalue weighted by Crippen LogP contribution is 2.26. The zero-order chi connectivity index (χ0) is 21.7. The maximum Gasteiger partial charge on any atom is 0.233 e. The lowest BCUT2D eigenvalue weighted by Gasteiger charge is -2.38. The highest BCUT2D eigenvalue weighted by molar-refractivity contribution is 5.96. The van der Waals surface area contributed by atoms with E-state index in [1.165, 1.54) is 0 Å². The Morgan fingerprint density at radius 1 is 1.30 bits per heavy atom. The molecule has 3 rings (SSSR count). The minimum absolute atomic E-state index is 0.0775. The molecule has 0 saturated carbocycles. The second-order valence-electron chi connectivity index (χ2n) is 8.25. The first-order chi connectivity index (χ1) is 14.4. The van der Waals surface area contributed by atoms with E-state index in [0.29, 0.717) is 18.8 Å². The molecule has 0 aromatic carbocycles. The van der Waals surface area contributed by atoms with Crippen molar-refractivity contribution in [1.29, 1.82) is 5.26 Å². The molecule has 1 aromatic rings. The third-order valence-corrected chi connectivity index (χ3v) is 6.09. The van der Waals surface area contributed by atoms with Crippen molar-refractivity contribution in [3.63, 3.8) is 0 Å². The molecule has 2 aliphatic rings. The SMILES string of the molecule is CC(C#N)C1CNC(C(C(=O)Nc2cnccc2N2CCN(C)CC2)C(N)N)NC1. The second-order valence-corrected chi connectivity index (χ2v) is 8.25. The minimum atomic E-state index is -0.844. The number of nitrogens with two attached hydrogens (primary N) is 2. The van der Waals surface area contributed by atoms with Gasteiger partial charge in [0.05, 0.1) is 41.9 Å². The number of carbonyl (C=O) groups is 1. The number of piperazine rings is 1. The van der Waals surface area contributed by atoms with Crippen LogP contribution in [0.15, 0.2) is 18.5 Å². The fraction of sp³-hybridized carbons (Fsp3) is 0.650. The van der Waals surface area contributed by atoms with Crippen molar-refractivity contribution in [2.75, 3.05) is 56.5 Å². The van der Waals surface area contributed by atoms with E-state index in [0.717, 1.165) is 31.9 Å². The second kappa shape index (κ2) is 10.1. The molecule has 7 N–H and O–H groups in total. The predicted molar refractivity (Wildman–Crippen MR) is 116 cm³/mol. The van der Waals surface area contributed by atoms with Gasteiger partial charge < -0.3 is 37.2 Å². The first-order valence-electron chi connectivity index (χ1n) is 10.5. The number of anilines is 2. The van der Waals surface area contributed by atoms with Gasteiger partial charge in [0.25, 0.3) is 0 Å². The van der Waals surface area contributed by atoms with Gasteiger partial charge in [-0.15, -0.1) is 0 Å². The van der Waals surface area contributed by atoms with Gasteiger partial charge in [0.1, 0.15) is 0 Å². The standard InChI is InChI=1S/C20H33N9O/c1-13(9-21)14-10-25-19(26-11-14)17(18(22)23)20(30)27-15-12-24-4-3-16(15)29-7-5-28(2)6-8-29/h3-4,12-14,17-19,25-26H,5-8,10-11,22-23H2,1-2H3,(H,27,30). The number of rotatable bonds is 6. The number of hydrogen-bond acceptors (Lipinski definition) is 9. The molecule has 10 nitrogen and oxygen atoms in total. The monoisotopic (exact) mass is 415 g/mol. The van der Waals surface area contributed by atoms with Gasteiger partial charge in [0, 0.05) is 51.4 Å². The highest BCUT2D eigenvalue weighted by atomic mass is 16.2. The van der Waals surface area contributed by atoms with Crippen LogP contribution in [0.4, 0.5) is 11.4 Å². The summed E-state index contributed by atoms with van der Waals surface area (Å²) < 4.78 is 0. The molecule has 0 radical (unpaired) electrons. The summed E-state index contributed by atoms with van der Waals surface area (Å²) in [7, 11) is 2.10. The van der Waals surface area contributed by atoms with E-state index in [1.54, 1.807) is 12.4 Å². The number of pyridine rings is 1. The number of nitrogens with one attached hydrogen (secondary N) is 3. The smallest absolute Gasteiger partial charge is 0.233 e. The van der Waals surface area contributed by atoms with Crippen molar-refractivity contribution in [2.45, 2.75) is 19.3 Å². The Labute approximate surface area is 178 Å². The summed E-state index contributed by atoms with van der Waals surface area (Å²) in [6.45, 7) is 6.84. The molecule has 30 heavy (non-hydrogen) atoms. The normalized spacial score (nSPS) is 24.9. The molecule has 2 saturated heterocycles. The Balaban J connectivity index is 1.69. The molecule has 0 spiro atoms. The van der Waals surface area contributed by atoms with Gasteiger partial charge in [-0.25, -0.2) is 0 Å². The van der Waals surface area contributed by atoms with E-state index >= 15 is 0 Å². The van der Waals surface area contributed by atoms with Crippen molar-refractivity contribution in [3.05, 3.63) is 18.5 Å².